The molecule has 1 aliphatic rings. The van der Waals surface area contributed by atoms with Crippen molar-refractivity contribution in [1.29, 1.82) is 0 Å². The highest BCUT2D eigenvalue weighted by Gasteiger charge is 2.30. The molecule has 22 heavy (non-hydrogen) atoms. The summed E-state index contributed by atoms with van der Waals surface area (Å²) in [5.74, 6) is -0.223. The third-order valence-electron chi connectivity index (χ3n) is 4.50. The van der Waals surface area contributed by atoms with Gasteiger partial charge in [-0.2, -0.15) is 0 Å². The van der Waals surface area contributed by atoms with Gasteiger partial charge in [-0.15, -0.1) is 0 Å². The Morgan fingerprint density at radius 1 is 1.32 bits per heavy atom. The summed E-state index contributed by atoms with van der Waals surface area (Å²) in [5.41, 5.74) is 2.19. The fourth-order valence-electron chi connectivity index (χ4n) is 3.17. The average Bonchev–Trinajstić information content (AvgIpc) is 2.90. The minimum atomic E-state index is -0.341. The summed E-state index contributed by atoms with van der Waals surface area (Å²) in [6, 6.07) is 6.64. The van der Waals surface area contributed by atoms with Crippen LogP contribution in [0.3, 0.4) is 0 Å². The van der Waals surface area contributed by atoms with Crippen LogP contribution in [0.15, 0.2) is 36.8 Å². The van der Waals surface area contributed by atoms with E-state index in [1.54, 1.807) is 18.5 Å². The van der Waals surface area contributed by atoms with E-state index in [-0.39, 0.29) is 18.0 Å². The van der Waals surface area contributed by atoms with Gasteiger partial charge in [0.15, 0.2) is 0 Å². The summed E-state index contributed by atoms with van der Waals surface area (Å²) in [4.78, 5) is 6.47. The van der Waals surface area contributed by atoms with Crippen LogP contribution in [-0.2, 0) is 20.0 Å². The summed E-state index contributed by atoms with van der Waals surface area (Å²) in [5, 5.41) is 10.4. The van der Waals surface area contributed by atoms with Crippen LogP contribution in [0.5, 0.6) is 0 Å². The molecule has 2 atom stereocenters. The number of aliphatic hydroxyl groups excluding tert-OH is 1. The van der Waals surface area contributed by atoms with Crippen LogP contribution in [0, 0.1) is 5.82 Å². The van der Waals surface area contributed by atoms with Gasteiger partial charge in [0.05, 0.1) is 18.1 Å². The second-order valence-corrected chi connectivity index (χ2v) is 6.07. The number of aryl methyl sites for hydroxylation is 1. The molecule has 1 aliphatic heterocycles. The molecule has 1 saturated heterocycles. The molecule has 0 radical (unpaired) electrons. The van der Waals surface area contributed by atoms with Crippen LogP contribution < -0.4 is 0 Å². The second-order valence-electron chi connectivity index (χ2n) is 6.07. The van der Waals surface area contributed by atoms with Crippen molar-refractivity contribution < 1.29 is 9.50 Å². The maximum absolute atomic E-state index is 13.0. The van der Waals surface area contributed by atoms with E-state index in [0.717, 1.165) is 43.6 Å². The third kappa shape index (κ3) is 3.36. The van der Waals surface area contributed by atoms with Crippen molar-refractivity contribution in [3.05, 3.63) is 53.9 Å². The Bertz CT molecular complexity index is 611. The van der Waals surface area contributed by atoms with Gasteiger partial charge in [-0.25, -0.2) is 9.37 Å². The monoisotopic (exact) mass is 303 g/mol. The highest BCUT2D eigenvalue weighted by Crippen LogP contribution is 2.23. The number of imidazole rings is 1. The normalized spacial score (nSPS) is 22.9. The molecule has 5 heteroatoms. The topological polar surface area (TPSA) is 41.3 Å². The van der Waals surface area contributed by atoms with Gasteiger partial charge in [-0.3, -0.25) is 4.90 Å². The number of hydrogen-bond acceptors (Lipinski definition) is 3. The Morgan fingerprint density at radius 2 is 2.09 bits per heavy atom. The van der Waals surface area contributed by atoms with Gasteiger partial charge >= 0.3 is 0 Å². The van der Waals surface area contributed by atoms with Gasteiger partial charge in [0.25, 0.3) is 0 Å². The Kier molecular flexibility index (Phi) is 4.55. The standard InChI is InChI=1S/C17H22FN3O/c1-20-12-19-10-15(20)11-21-8-2-3-17(22)16(21)9-13-4-6-14(18)7-5-13/h4-7,10,12,16-17,22H,2-3,8-9,11H2,1H3/t16-,17-/m0/s1. The van der Waals surface area contributed by atoms with E-state index >= 15 is 0 Å². The quantitative estimate of drug-likeness (QED) is 0.941. The summed E-state index contributed by atoms with van der Waals surface area (Å²) in [6.07, 6.45) is 5.89. The van der Waals surface area contributed by atoms with E-state index in [1.807, 2.05) is 17.8 Å². The average molecular weight is 303 g/mol. The number of hydrogen-bond donors (Lipinski definition) is 1. The van der Waals surface area contributed by atoms with Crippen LogP contribution in [-0.4, -0.2) is 38.2 Å². The zero-order valence-electron chi connectivity index (χ0n) is 12.8. The van der Waals surface area contributed by atoms with Crippen molar-refractivity contribution in [3.63, 3.8) is 0 Å². The first-order valence-electron chi connectivity index (χ1n) is 7.75. The van der Waals surface area contributed by atoms with Crippen molar-refractivity contribution in [1.82, 2.24) is 14.5 Å². The molecule has 118 valence electrons. The molecule has 3 rings (SSSR count). The smallest absolute Gasteiger partial charge is 0.123 e. The van der Waals surface area contributed by atoms with Gasteiger partial charge in [-0.1, -0.05) is 12.1 Å². The molecule has 0 unspecified atom stereocenters. The molecular weight excluding hydrogens is 281 g/mol. The number of halogens is 1. The zero-order valence-corrected chi connectivity index (χ0v) is 12.8. The van der Waals surface area contributed by atoms with Gasteiger partial charge < -0.3 is 9.67 Å². The van der Waals surface area contributed by atoms with Crippen molar-refractivity contribution in [3.8, 4) is 0 Å². The first kappa shape index (κ1) is 15.2. The minimum absolute atomic E-state index is 0.0640. The van der Waals surface area contributed by atoms with Gasteiger partial charge in [0, 0.05) is 25.8 Å². The maximum atomic E-state index is 13.0. The SMILES string of the molecule is Cn1cncc1CN1CCC[C@H](O)[C@@H]1Cc1ccc(F)cc1. The number of nitrogens with zero attached hydrogens (tertiary/aromatic N) is 3. The predicted octanol–water partition coefficient (Wildman–Crippen LogP) is 2.13. The Balaban J connectivity index is 1.75. The fraction of sp³-hybridized carbons (Fsp3) is 0.471. The number of benzene rings is 1. The van der Waals surface area contributed by atoms with Gasteiger partial charge in [0.2, 0.25) is 0 Å². The molecule has 1 N–H and O–H groups in total. The van der Waals surface area contributed by atoms with Crippen molar-refractivity contribution in [2.24, 2.45) is 7.05 Å². The molecule has 2 aromatic rings. The van der Waals surface area contributed by atoms with Crippen LogP contribution in [0.2, 0.25) is 0 Å². The highest BCUT2D eigenvalue weighted by atomic mass is 19.1. The van der Waals surface area contributed by atoms with Crippen LogP contribution in [0.4, 0.5) is 4.39 Å². The number of rotatable bonds is 4. The molecule has 0 amide bonds. The summed E-state index contributed by atoms with van der Waals surface area (Å²) < 4.78 is 15.1. The molecule has 0 aliphatic carbocycles. The molecule has 0 bridgehead atoms. The third-order valence-corrected chi connectivity index (χ3v) is 4.50. The fourth-order valence-corrected chi connectivity index (χ4v) is 3.17. The molecule has 0 spiro atoms. The Morgan fingerprint density at radius 3 is 2.77 bits per heavy atom. The lowest BCUT2D eigenvalue weighted by molar-refractivity contribution is 0.00576. The Labute approximate surface area is 130 Å². The van der Waals surface area contributed by atoms with E-state index in [1.165, 1.54) is 12.1 Å². The molecule has 4 nitrogen and oxygen atoms in total. The van der Waals surface area contributed by atoms with E-state index in [9.17, 15) is 9.50 Å². The lowest BCUT2D eigenvalue weighted by Gasteiger charge is -2.39. The van der Waals surface area contributed by atoms with E-state index < -0.39 is 0 Å². The number of aromatic nitrogens is 2. The molecule has 0 saturated carbocycles. The van der Waals surface area contributed by atoms with Crippen LogP contribution >= 0.6 is 0 Å². The highest BCUT2D eigenvalue weighted by molar-refractivity contribution is 5.18. The minimum Gasteiger partial charge on any atom is -0.391 e. The molecule has 1 aromatic heterocycles. The number of aliphatic hydroxyl groups is 1. The van der Waals surface area contributed by atoms with Gasteiger partial charge in [0.1, 0.15) is 5.82 Å². The molecule has 2 heterocycles. The first-order valence-corrected chi connectivity index (χ1v) is 7.75. The zero-order chi connectivity index (χ0) is 15.5. The van der Waals surface area contributed by atoms with Crippen LogP contribution in [0.25, 0.3) is 0 Å². The predicted molar refractivity (Wildman–Crippen MR) is 82.8 cm³/mol. The van der Waals surface area contributed by atoms with Gasteiger partial charge in [-0.05, 0) is 43.5 Å². The van der Waals surface area contributed by atoms with E-state index in [2.05, 4.69) is 9.88 Å². The molecule has 1 fully saturated rings. The van der Waals surface area contributed by atoms with Crippen molar-refractivity contribution >= 4 is 0 Å². The summed E-state index contributed by atoms with van der Waals surface area (Å²) in [6.45, 7) is 1.74. The lowest BCUT2D eigenvalue weighted by atomic mass is 9.93. The maximum Gasteiger partial charge on any atom is 0.123 e. The molecule has 1 aromatic carbocycles. The van der Waals surface area contributed by atoms with E-state index in [4.69, 9.17) is 0 Å². The second kappa shape index (κ2) is 6.58. The summed E-state index contributed by atoms with van der Waals surface area (Å²) in [7, 11) is 1.98. The van der Waals surface area contributed by atoms with E-state index in [0.29, 0.717) is 0 Å². The molecular formula is C17H22FN3O. The number of piperidine rings is 1. The van der Waals surface area contributed by atoms with Crippen molar-refractivity contribution in [2.75, 3.05) is 6.54 Å². The Hall–Kier alpha value is -1.72. The summed E-state index contributed by atoms with van der Waals surface area (Å²) >= 11 is 0. The van der Waals surface area contributed by atoms with Crippen molar-refractivity contribution in [2.45, 2.75) is 38.0 Å². The largest absolute Gasteiger partial charge is 0.391 e. The van der Waals surface area contributed by atoms with Crippen LogP contribution in [0.1, 0.15) is 24.1 Å². The lowest BCUT2D eigenvalue weighted by Crippen LogP contribution is -2.49. The first-order chi connectivity index (χ1) is 10.6. The number of likely N-dealkylation sites (tertiary alicyclic amines) is 1.